The van der Waals surface area contributed by atoms with Gasteiger partial charge in [0.1, 0.15) is 5.82 Å². The van der Waals surface area contributed by atoms with Crippen LogP contribution >= 0.6 is 0 Å². The number of hydrogen-bond donors (Lipinski definition) is 2. The molecule has 0 fully saturated rings. The Morgan fingerprint density at radius 1 is 0.667 bits per heavy atom. The van der Waals surface area contributed by atoms with Gasteiger partial charge in [0, 0.05) is 11.1 Å². The zero-order chi connectivity index (χ0) is 22.7. The van der Waals surface area contributed by atoms with Gasteiger partial charge < -0.3 is 10.0 Å². The molecule has 1 heterocycles. The van der Waals surface area contributed by atoms with Gasteiger partial charge in [0.05, 0.1) is 16.7 Å². The average molecular weight is 430 g/mol. The number of rotatable bonds is 5. The van der Waals surface area contributed by atoms with Gasteiger partial charge in [0.2, 0.25) is 0 Å². The molecule has 1 aliphatic rings. The van der Waals surface area contributed by atoms with Crippen LogP contribution in [0.3, 0.4) is 0 Å². The minimum Gasteiger partial charge on any atom is -0.426 e. The van der Waals surface area contributed by atoms with Gasteiger partial charge in [-0.05, 0) is 23.6 Å². The minimum absolute atomic E-state index is 0.373. The molecule has 0 bridgehead atoms. The molecule has 0 saturated heterocycles. The quantitative estimate of drug-likeness (QED) is 0.432. The summed E-state index contributed by atoms with van der Waals surface area (Å²) in [4.78, 5) is 9.66. The van der Waals surface area contributed by atoms with Crippen molar-refractivity contribution < 1.29 is 10.0 Å². The van der Waals surface area contributed by atoms with Gasteiger partial charge in [-0.15, -0.1) is 0 Å². The lowest BCUT2D eigenvalue weighted by Gasteiger charge is -2.30. The Balaban J connectivity index is 1.63. The lowest BCUT2D eigenvalue weighted by atomic mass is 9.54. The Morgan fingerprint density at radius 2 is 1.15 bits per heavy atom. The third kappa shape index (κ3) is 4.16. The molecule has 0 saturated carbocycles. The predicted octanol–water partition coefficient (Wildman–Crippen LogP) is 5.10. The van der Waals surface area contributed by atoms with Gasteiger partial charge in [-0.2, -0.15) is 0 Å². The van der Waals surface area contributed by atoms with Gasteiger partial charge in [-0.3, -0.25) is 0 Å². The molecule has 5 rings (SSSR count). The van der Waals surface area contributed by atoms with Crippen LogP contribution in [0.15, 0.2) is 115 Å². The van der Waals surface area contributed by atoms with Crippen molar-refractivity contribution in [2.24, 2.45) is 0 Å². The summed E-state index contributed by atoms with van der Waals surface area (Å²) in [5, 5.41) is 20.0. The second kappa shape index (κ2) is 8.98. The van der Waals surface area contributed by atoms with E-state index in [1.807, 2.05) is 115 Å². The van der Waals surface area contributed by atoms with E-state index in [2.05, 4.69) is 0 Å². The number of nitrogens with zero attached hydrogens (tertiary/aromatic N) is 2. The van der Waals surface area contributed by atoms with Crippen molar-refractivity contribution in [2.45, 2.75) is 11.7 Å². The fraction of sp³-hybridized carbons (Fsp3) is 0.0714. The molecular weight excluding hydrogens is 407 g/mol. The van der Waals surface area contributed by atoms with E-state index in [1.165, 1.54) is 0 Å². The maximum absolute atomic E-state index is 10.6. The molecule has 0 aliphatic heterocycles. The van der Waals surface area contributed by atoms with E-state index in [1.54, 1.807) is 0 Å². The van der Waals surface area contributed by atoms with Crippen LogP contribution in [0.25, 0.3) is 28.1 Å². The van der Waals surface area contributed by atoms with Crippen molar-refractivity contribution in [3.63, 3.8) is 0 Å². The molecule has 1 unspecified atom stereocenters. The highest BCUT2D eigenvalue weighted by Gasteiger charge is 2.45. The van der Waals surface area contributed by atoms with Gasteiger partial charge in [-0.1, -0.05) is 109 Å². The molecular formula is C28H23BN2O2. The highest BCUT2D eigenvalue weighted by atomic mass is 16.4. The third-order valence-corrected chi connectivity index (χ3v) is 6.07. The molecule has 1 atom stereocenters. The first-order chi connectivity index (χ1) is 16.2. The summed E-state index contributed by atoms with van der Waals surface area (Å²) in [6, 6.07) is 31.7. The molecule has 160 valence electrons. The molecule has 4 nitrogen and oxygen atoms in total. The molecule has 0 spiro atoms. The van der Waals surface area contributed by atoms with Gasteiger partial charge in [0.15, 0.2) is 0 Å². The van der Waals surface area contributed by atoms with Crippen molar-refractivity contribution >= 4 is 12.7 Å². The van der Waals surface area contributed by atoms with Crippen LogP contribution < -0.4 is 0 Å². The topological polar surface area (TPSA) is 66.2 Å². The fourth-order valence-electron chi connectivity index (χ4n) is 4.14. The first-order valence-corrected chi connectivity index (χ1v) is 11.0. The van der Waals surface area contributed by atoms with Crippen LogP contribution in [0.4, 0.5) is 0 Å². The largest absolute Gasteiger partial charge is 0.470 e. The monoisotopic (exact) mass is 430 g/mol. The van der Waals surface area contributed by atoms with Crippen LogP contribution in [-0.4, -0.2) is 27.1 Å². The molecule has 1 aromatic heterocycles. The summed E-state index contributed by atoms with van der Waals surface area (Å²) in [6.07, 6.45) is 6.16. The van der Waals surface area contributed by atoms with Crippen LogP contribution in [0.2, 0.25) is 0 Å². The van der Waals surface area contributed by atoms with Crippen LogP contribution in [0.5, 0.6) is 0 Å². The summed E-state index contributed by atoms with van der Waals surface area (Å²) in [7, 11) is -1.66. The molecule has 1 aliphatic carbocycles. The zero-order valence-electron chi connectivity index (χ0n) is 18.0. The summed E-state index contributed by atoms with van der Waals surface area (Å²) >= 11 is 0. The van der Waals surface area contributed by atoms with Gasteiger partial charge >= 0.3 is 7.12 Å². The second-order valence-electron chi connectivity index (χ2n) is 8.17. The Hall–Kier alpha value is -3.80. The van der Waals surface area contributed by atoms with E-state index in [9.17, 15) is 10.0 Å². The highest BCUT2D eigenvalue weighted by Crippen LogP contribution is 2.37. The number of allylic oxidation sites excluding steroid dienone is 4. The summed E-state index contributed by atoms with van der Waals surface area (Å²) in [6.45, 7) is 0. The maximum Gasteiger partial charge on any atom is 0.470 e. The smallest absolute Gasteiger partial charge is 0.426 e. The highest BCUT2D eigenvalue weighted by molar-refractivity contribution is 6.46. The normalized spacial score (nSPS) is 17.5. The van der Waals surface area contributed by atoms with Crippen LogP contribution in [0.1, 0.15) is 17.8 Å². The van der Waals surface area contributed by atoms with E-state index in [0.29, 0.717) is 12.2 Å². The average Bonchev–Trinajstić information content (AvgIpc) is 2.90. The van der Waals surface area contributed by atoms with Gasteiger partial charge in [-0.25, -0.2) is 9.97 Å². The molecule has 5 heteroatoms. The Bertz CT molecular complexity index is 1250. The Labute approximate surface area is 193 Å². The number of aromatic nitrogens is 2. The van der Waals surface area contributed by atoms with Crippen molar-refractivity contribution in [3.05, 3.63) is 127 Å². The van der Waals surface area contributed by atoms with Crippen molar-refractivity contribution in [2.75, 3.05) is 0 Å². The van der Waals surface area contributed by atoms with Crippen molar-refractivity contribution in [1.82, 2.24) is 9.97 Å². The zero-order valence-corrected chi connectivity index (χ0v) is 18.0. The van der Waals surface area contributed by atoms with E-state index in [0.717, 1.165) is 33.7 Å². The van der Waals surface area contributed by atoms with Crippen molar-refractivity contribution in [3.8, 4) is 22.5 Å². The fourth-order valence-corrected chi connectivity index (χ4v) is 4.14. The first-order valence-electron chi connectivity index (χ1n) is 11.0. The lowest BCUT2D eigenvalue weighted by Crippen LogP contribution is -2.44. The maximum atomic E-state index is 10.6. The molecule has 0 radical (unpaired) electrons. The minimum atomic E-state index is -1.66. The van der Waals surface area contributed by atoms with E-state index in [-0.39, 0.29) is 0 Å². The number of benzene rings is 3. The van der Waals surface area contributed by atoms with Crippen LogP contribution in [-0.2, 0) is 5.31 Å². The van der Waals surface area contributed by atoms with E-state index in [4.69, 9.17) is 9.97 Å². The summed E-state index contributed by atoms with van der Waals surface area (Å²) < 4.78 is 0. The standard InChI is InChI=1S/C28H23BN2O2/c32-29(33)28(18-16-22(17-19-28)21-10-4-1-5-11-21)27-30-25(23-12-6-2-7-13-23)20-26(31-27)24-14-8-3-9-15-24/h1-18,20,32-33H,19H2. The van der Waals surface area contributed by atoms with E-state index < -0.39 is 12.4 Å². The number of hydrogen-bond acceptors (Lipinski definition) is 4. The Kier molecular flexibility index (Phi) is 5.74. The molecule has 33 heavy (non-hydrogen) atoms. The SMILES string of the molecule is OB(O)C1(c2nc(-c3ccccc3)cc(-c3ccccc3)n2)C=CC(c2ccccc2)=CC1. The molecule has 2 N–H and O–H groups in total. The van der Waals surface area contributed by atoms with E-state index >= 15 is 0 Å². The van der Waals surface area contributed by atoms with Crippen LogP contribution in [0, 0.1) is 0 Å². The Morgan fingerprint density at radius 3 is 1.58 bits per heavy atom. The van der Waals surface area contributed by atoms with Crippen molar-refractivity contribution in [1.29, 1.82) is 0 Å². The predicted molar refractivity (Wildman–Crippen MR) is 133 cm³/mol. The summed E-state index contributed by atoms with van der Waals surface area (Å²) in [5.74, 6) is 0.386. The summed E-state index contributed by atoms with van der Waals surface area (Å²) in [5.41, 5.74) is 5.49. The third-order valence-electron chi connectivity index (χ3n) is 6.07. The molecule has 3 aromatic carbocycles. The van der Waals surface area contributed by atoms with Gasteiger partial charge in [0.25, 0.3) is 0 Å². The molecule has 4 aromatic rings. The lowest BCUT2D eigenvalue weighted by molar-refractivity contribution is 0.358. The molecule has 0 amide bonds. The second-order valence-corrected chi connectivity index (χ2v) is 8.17. The first kappa shape index (κ1) is 21.1.